The first-order valence-corrected chi connectivity index (χ1v) is 5.75. The summed E-state index contributed by atoms with van der Waals surface area (Å²) in [7, 11) is 0. The average molecular weight is 256 g/mol. The molecular weight excluding hydrogens is 243 g/mol. The van der Waals surface area contributed by atoms with Crippen LogP contribution in [0.15, 0.2) is 48.5 Å². The zero-order valence-electron chi connectivity index (χ0n) is 10.4. The Kier molecular flexibility index (Phi) is 3.55. The van der Waals surface area contributed by atoms with Gasteiger partial charge in [-0.2, -0.15) is 0 Å². The van der Waals surface area contributed by atoms with E-state index in [-0.39, 0.29) is 5.82 Å². The molecule has 1 N–H and O–H groups in total. The smallest absolute Gasteiger partial charge is 0.147 e. The lowest BCUT2D eigenvalue weighted by Gasteiger charge is -2.16. The van der Waals surface area contributed by atoms with Crippen LogP contribution in [-0.2, 0) is 5.60 Å². The maximum atomic E-state index is 12.7. The zero-order valence-corrected chi connectivity index (χ0v) is 10.4. The summed E-state index contributed by atoms with van der Waals surface area (Å²) in [5.41, 5.74) is -0.685. The Labute approximate surface area is 111 Å². The summed E-state index contributed by atoms with van der Waals surface area (Å²) in [4.78, 5) is 0. The van der Waals surface area contributed by atoms with Crippen LogP contribution in [0, 0.1) is 18.2 Å². The minimum absolute atomic E-state index is 0.312. The number of hydrogen-bond donors (Lipinski definition) is 1. The molecule has 0 amide bonds. The highest BCUT2D eigenvalue weighted by Gasteiger charge is 2.19. The van der Waals surface area contributed by atoms with Crippen LogP contribution in [0.3, 0.4) is 0 Å². The lowest BCUT2D eigenvalue weighted by molar-refractivity contribution is 0.122. The van der Waals surface area contributed by atoms with E-state index in [4.69, 9.17) is 11.2 Å². The Morgan fingerprint density at radius 2 is 1.53 bits per heavy atom. The van der Waals surface area contributed by atoms with Gasteiger partial charge >= 0.3 is 0 Å². The van der Waals surface area contributed by atoms with Crippen molar-refractivity contribution in [2.75, 3.05) is 0 Å². The molecule has 3 heteroatoms. The molecule has 0 saturated carbocycles. The molecule has 0 saturated heterocycles. The van der Waals surface area contributed by atoms with Gasteiger partial charge in [0, 0.05) is 0 Å². The molecule has 0 aromatic heterocycles. The predicted molar refractivity (Wildman–Crippen MR) is 71.3 cm³/mol. The second-order valence-corrected chi connectivity index (χ2v) is 4.30. The van der Waals surface area contributed by atoms with Gasteiger partial charge in [-0.05, 0) is 48.9 Å². The van der Waals surface area contributed by atoms with Gasteiger partial charge in [0.05, 0.1) is 0 Å². The Bertz CT molecular complexity index is 592. The van der Waals surface area contributed by atoms with Crippen molar-refractivity contribution in [3.05, 3.63) is 59.9 Å². The molecule has 1 atom stereocenters. The van der Waals surface area contributed by atoms with E-state index in [1.807, 2.05) is 0 Å². The van der Waals surface area contributed by atoms with E-state index in [1.165, 1.54) is 12.1 Å². The van der Waals surface area contributed by atoms with Crippen molar-refractivity contribution in [1.82, 2.24) is 0 Å². The van der Waals surface area contributed by atoms with Crippen LogP contribution in [0.4, 0.5) is 4.39 Å². The third kappa shape index (κ3) is 3.12. The predicted octanol–water partition coefficient (Wildman–Crippen LogP) is 3.46. The van der Waals surface area contributed by atoms with Crippen molar-refractivity contribution in [2.24, 2.45) is 0 Å². The standard InChI is InChI=1S/C16H13FO2/c1-3-16(2,18)12-4-8-14(9-5-12)19-15-10-6-13(17)7-11-15/h1,4-11,18H,2H3. The zero-order chi connectivity index (χ0) is 13.9. The lowest BCUT2D eigenvalue weighted by atomic mass is 9.97. The topological polar surface area (TPSA) is 29.5 Å². The van der Waals surface area contributed by atoms with Crippen molar-refractivity contribution in [3.8, 4) is 23.8 Å². The van der Waals surface area contributed by atoms with Crippen molar-refractivity contribution in [2.45, 2.75) is 12.5 Å². The first-order chi connectivity index (χ1) is 9.01. The molecule has 0 aliphatic heterocycles. The fourth-order valence-corrected chi connectivity index (χ4v) is 1.57. The van der Waals surface area contributed by atoms with Gasteiger partial charge in [0.15, 0.2) is 0 Å². The van der Waals surface area contributed by atoms with Crippen molar-refractivity contribution < 1.29 is 14.2 Å². The number of halogens is 1. The van der Waals surface area contributed by atoms with Crippen LogP contribution < -0.4 is 4.74 Å². The van der Waals surface area contributed by atoms with Crippen LogP contribution in [0.25, 0.3) is 0 Å². The molecule has 0 fully saturated rings. The fraction of sp³-hybridized carbons (Fsp3) is 0.125. The first-order valence-electron chi connectivity index (χ1n) is 5.75. The minimum Gasteiger partial charge on any atom is -0.457 e. The second kappa shape index (κ2) is 5.13. The van der Waals surface area contributed by atoms with Gasteiger partial charge in [-0.15, -0.1) is 6.42 Å². The van der Waals surface area contributed by atoms with Gasteiger partial charge in [0.1, 0.15) is 22.9 Å². The van der Waals surface area contributed by atoms with E-state index in [9.17, 15) is 9.50 Å². The third-order valence-corrected chi connectivity index (χ3v) is 2.75. The van der Waals surface area contributed by atoms with Gasteiger partial charge in [-0.1, -0.05) is 18.1 Å². The van der Waals surface area contributed by atoms with Gasteiger partial charge in [0.25, 0.3) is 0 Å². The highest BCUT2D eigenvalue weighted by Crippen LogP contribution is 2.25. The summed E-state index contributed by atoms with van der Waals surface area (Å²) in [6.45, 7) is 1.54. The normalized spacial score (nSPS) is 13.4. The third-order valence-electron chi connectivity index (χ3n) is 2.75. The van der Waals surface area contributed by atoms with Crippen molar-refractivity contribution >= 4 is 0 Å². The molecule has 0 spiro atoms. The SMILES string of the molecule is C#CC(C)(O)c1ccc(Oc2ccc(F)cc2)cc1. The second-order valence-electron chi connectivity index (χ2n) is 4.30. The number of rotatable bonds is 3. The molecule has 19 heavy (non-hydrogen) atoms. The highest BCUT2D eigenvalue weighted by atomic mass is 19.1. The minimum atomic E-state index is -1.30. The van der Waals surface area contributed by atoms with Gasteiger partial charge in [-0.25, -0.2) is 4.39 Å². The van der Waals surface area contributed by atoms with Gasteiger partial charge in [-0.3, -0.25) is 0 Å². The Balaban J connectivity index is 2.16. The van der Waals surface area contributed by atoms with E-state index in [0.29, 0.717) is 17.1 Å². The first kappa shape index (κ1) is 13.1. The number of aliphatic hydroxyl groups is 1. The van der Waals surface area contributed by atoms with Gasteiger partial charge in [0.2, 0.25) is 0 Å². The van der Waals surface area contributed by atoms with E-state index in [0.717, 1.165) is 0 Å². The Morgan fingerprint density at radius 1 is 1.05 bits per heavy atom. The molecule has 0 aliphatic rings. The van der Waals surface area contributed by atoms with Gasteiger partial charge < -0.3 is 9.84 Å². The van der Waals surface area contributed by atoms with E-state index in [2.05, 4.69) is 5.92 Å². The largest absolute Gasteiger partial charge is 0.457 e. The lowest BCUT2D eigenvalue weighted by Crippen LogP contribution is -2.17. The molecule has 1 unspecified atom stereocenters. The molecule has 0 radical (unpaired) electrons. The Hall–Kier alpha value is -2.31. The summed E-state index contributed by atoms with van der Waals surface area (Å²) in [6, 6.07) is 12.5. The Morgan fingerprint density at radius 3 is 2.00 bits per heavy atom. The molecule has 0 heterocycles. The monoisotopic (exact) mass is 256 g/mol. The number of ether oxygens (including phenoxy) is 1. The molecule has 0 aliphatic carbocycles. The number of benzene rings is 2. The molecule has 0 bridgehead atoms. The molecule has 2 rings (SSSR count). The highest BCUT2D eigenvalue weighted by molar-refractivity contribution is 5.37. The van der Waals surface area contributed by atoms with Crippen LogP contribution in [-0.4, -0.2) is 5.11 Å². The quantitative estimate of drug-likeness (QED) is 0.852. The van der Waals surface area contributed by atoms with Crippen LogP contribution in [0.5, 0.6) is 11.5 Å². The van der Waals surface area contributed by atoms with Crippen LogP contribution >= 0.6 is 0 Å². The van der Waals surface area contributed by atoms with Crippen molar-refractivity contribution in [1.29, 1.82) is 0 Å². The molecule has 2 aromatic carbocycles. The molecule has 2 aromatic rings. The molecule has 96 valence electrons. The molecular formula is C16H13FO2. The average Bonchev–Trinajstić information content (AvgIpc) is 2.42. The summed E-state index contributed by atoms with van der Waals surface area (Å²) >= 11 is 0. The summed E-state index contributed by atoms with van der Waals surface area (Å²) in [5, 5.41) is 9.89. The van der Waals surface area contributed by atoms with Crippen molar-refractivity contribution in [3.63, 3.8) is 0 Å². The molecule has 2 nitrogen and oxygen atoms in total. The van der Waals surface area contributed by atoms with Crippen LogP contribution in [0.2, 0.25) is 0 Å². The van der Waals surface area contributed by atoms with E-state index in [1.54, 1.807) is 43.3 Å². The maximum Gasteiger partial charge on any atom is 0.147 e. The summed E-state index contributed by atoms with van der Waals surface area (Å²) in [5.74, 6) is 3.12. The number of hydrogen-bond acceptors (Lipinski definition) is 2. The maximum absolute atomic E-state index is 12.7. The summed E-state index contributed by atoms with van der Waals surface area (Å²) in [6.07, 6.45) is 5.25. The summed E-state index contributed by atoms with van der Waals surface area (Å²) < 4.78 is 18.3. The fourth-order valence-electron chi connectivity index (χ4n) is 1.57. The van der Waals surface area contributed by atoms with E-state index >= 15 is 0 Å². The number of terminal acetylenes is 1. The van der Waals surface area contributed by atoms with Crippen LogP contribution in [0.1, 0.15) is 12.5 Å². The van der Waals surface area contributed by atoms with E-state index < -0.39 is 5.60 Å².